The van der Waals surface area contributed by atoms with Gasteiger partial charge in [0.25, 0.3) is 0 Å². The van der Waals surface area contributed by atoms with E-state index in [1.807, 2.05) is 0 Å². The van der Waals surface area contributed by atoms with Crippen molar-refractivity contribution in [2.75, 3.05) is 0 Å². The molecule has 4 fully saturated rings. The summed E-state index contributed by atoms with van der Waals surface area (Å²) in [5, 5.41) is 6.41. The summed E-state index contributed by atoms with van der Waals surface area (Å²) in [6.45, 7) is 21.1. The zero-order chi connectivity index (χ0) is 41.4. The fraction of sp³-hybridized carbons (Fsp3) is 0.614. The molecule has 6 aliphatic rings. The van der Waals surface area contributed by atoms with E-state index in [2.05, 4.69) is 115 Å². The van der Waals surface area contributed by atoms with Crippen LogP contribution >= 0.6 is 17.0 Å². The molecule has 0 radical (unpaired) electrons. The Morgan fingerprint density at radius 3 is 1.43 bits per heavy atom. The Labute approximate surface area is 393 Å². The molecule has 0 N–H and O–H groups in total. The zero-order valence-corrected chi connectivity index (χ0v) is 44.9. The molecule has 4 aromatic carbocycles. The van der Waals surface area contributed by atoms with Crippen LogP contribution in [0.4, 0.5) is 0 Å². The van der Waals surface area contributed by atoms with Gasteiger partial charge in [0.15, 0.2) is 0 Å². The van der Waals surface area contributed by atoms with Crippen LogP contribution in [0.25, 0.3) is 21.5 Å². The van der Waals surface area contributed by atoms with Gasteiger partial charge in [0.05, 0.1) is 8.07 Å². The maximum absolute atomic E-state index is 4.93. The van der Waals surface area contributed by atoms with E-state index in [0.29, 0.717) is 10.8 Å². The summed E-state index contributed by atoms with van der Waals surface area (Å²) < 4.78 is 0. The first-order chi connectivity index (χ1) is 28.3. The molecule has 0 spiro atoms. The molecule has 4 heteroatoms. The summed E-state index contributed by atoms with van der Waals surface area (Å²) in [7, 11) is 8.19. The topological polar surface area (TPSA) is 0 Å². The summed E-state index contributed by atoms with van der Waals surface area (Å²) >= 11 is -0.826. The standard InChI is InChI=1S/C55H74Si.2CH3.2ClH.Zr/c1-9-17-35-27-49-43(47-29-37-31-55(5,6)33-51(37)41-21-14-12-19-39(41)47)23-16-25-45(49)53(35)56(7,8)52-34(10-2)26-48-42(22-15-24-44(48)52)46-28-36-30-54(3,4)32-50(36)40-20-13-11-18-38(40)46;;;;;/h11-14,18-21,28-29,34-35,42-45,48-49,52-53H,9-10,15-17,22-27,30-33H2,1-8H3;2*1H3;2*1H;/q;2*-1;;;+4/p-2. The van der Waals surface area contributed by atoms with Crippen LogP contribution in [0, 0.1) is 61.2 Å². The quantitative estimate of drug-likeness (QED) is 0.128. The van der Waals surface area contributed by atoms with Crippen molar-refractivity contribution < 1.29 is 20.8 Å². The normalized spacial score (nSPS) is 31.8. The van der Waals surface area contributed by atoms with E-state index in [9.17, 15) is 0 Å². The third-order valence-electron chi connectivity index (χ3n) is 18.2. The predicted molar refractivity (Wildman–Crippen MR) is 268 cm³/mol. The Kier molecular flexibility index (Phi) is 14.8. The first-order valence-electron chi connectivity index (χ1n) is 24.3. The Morgan fingerprint density at radius 2 is 1.00 bits per heavy atom. The van der Waals surface area contributed by atoms with Crippen LogP contribution in [-0.4, -0.2) is 8.07 Å². The molecule has 6 aliphatic carbocycles. The Morgan fingerprint density at radius 1 is 0.590 bits per heavy atom. The van der Waals surface area contributed by atoms with Crippen LogP contribution in [-0.2, 0) is 46.5 Å². The number of benzene rings is 4. The molecule has 0 heterocycles. The predicted octanol–water partition coefficient (Wildman–Crippen LogP) is 17.9. The van der Waals surface area contributed by atoms with Gasteiger partial charge >= 0.3 is 37.9 Å². The Balaban J connectivity index is 0.00000109. The molecule has 0 aromatic heterocycles. The molecule has 0 bridgehead atoms. The molecule has 4 saturated carbocycles. The van der Waals surface area contributed by atoms with Crippen molar-refractivity contribution in [2.45, 2.75) is 174 Å². The van der Waals surface area contributed by atoms with Crippen LogP contribution in [0.5, 0.6) is 0 Å². The van der Waals surface area contributed by atoms with Crippen LogP contribution in [0.2, 0.25) is 24.2 Å². The first-order valence-corrected chi connectivity index (χ1v) is 33.8. The third-order valence-corrected chi connectivity index (χ3v) is 23.5. The summed E-state index contributed by atoms with van der Waals surface area (Å²) in [5.41, 5.74) is 13.0. The van der Waals surface area contributed by atoms with E-state index >= 15 is 0 Å². The van der Waals surface area contributed by atoms with Crippen molar-refractivity contribution in [1.82, 2.24) is 0 Å². The number of halogens is 2. The van der Waals surface area contributed by atoms with Crippen LogP contribution in [0.1, 0.15) is 157 Å². The van der Waals surface area contributed by atoms with Crippen molar-refractivity contribution in [1.29, 1.82) is 0 Å². The van der Waals surface area contributed by atoms with E-state index < -0.39 is 28.9 Å². The summed E-state index contributed by atoms with van der Waals surface area (Å²) in [6.07, 6.45) is 21.0. The summed E-state index contributed by atoms with van der Waals surface area (Å²) in [6, 6.07) is 24.9. The van der Waals surface area contributed by atoms with Crippen molar-refractivity contribution in [3.63, 3.8) is 0 Å². The fourth-order valence-corrected chi connectivity index (χ4v) is 23.4. The first kappa shape index (κ1) is 48.0. The second-order valence-corrected chi connectivity index (χ2v) is 31.9. The SMILES string of the molecule is CCCC1CC2C(c3cc4c(c5ccccc35)CC(C)(C)C4)CCCC2C1[Si](C)(C)C1C(CC)CC2C(c3cc4c(c5ccccc35)CC(C)(C)C4)CCCC21.[CH3-].[CH3-].[Cl][Zr+2][Cl]. The van der Waals surface area contributed by atoms with Gasteiger partial charge in [0.2, 0.25) is 0 Å². The van der Waals surface area contributed by atoms with Crippen molar-refractivity contribution >= 4 is 46.6 Å². The van der Waals surface area contributed by atoms with Gasteiger partial charge in [-0.1, -0.05) is 160 Å². The number of fused-ring (bicyclic) bond motifs is 8. The third kappa shape index (κ3) is 8.55. The minimum atomic E-state index is -1.68. The molecule has 0 nitrogen and oxygen atoms in total. The molecule has 10 atom stereocenters. The van der Waals surface area contributed by atoms with E-state index in [-0.39, 0.29) is 14.9 Å². The second kappa shape index (κ2) is 18.8. The Hall–Kier alpha value is -0.920. The molecule has 10 rings (SSSR count). The fourth-order valence-electron chi connectivity index (χ4n) is 16.8. The Bertz CT molecular complexity index is 2170. The van der Waals surface area contributed by atoms with Gasteiger partial charge in [-0.15, -0.1) is 0 Å². The van der Waals surface area contributed by atoms with E-state index in [1.54, 1.807) is 54.9 Å². The molecule has 61 heavy (non-hydrogen) atoms. The average molecular weight is 955 g/mol. The number of rotatable bonds is 7. The zero-order valence-electron chi connectivity index (χ0n) is 39.9. The molecular formula is C57H80Cl2SiZr. The van der Waals surface area contributed by atoms with Crippen LogP contribution in [0.3, 0.4) is 0 Å². The van der Waals surface area contributed by atoms with Gasteiger partial charge < -0.3 is 14.9 Å². The van der Waals surface area contributed by atoms with E-state index in [4.69, 9.17) is 17.0 Å². The van der Waals surface area contributed by atoms with E-state index in [1.165, 1.54) is 96.3 Å². The van der Waals surface area contributed by atoms with Gasteiger partial charge in [-0.05, 0) is 176 Å². The number of hydrogen-bond donors (Lipinski definition) is 0. The molecule has 0 aliphatic heterocycles. The maximum atomic E-state index is 4.93. The van der Waals surface area contributed by atoms with Crippen molar-refractivity contribution in [3.8, 4) is 0 Å². The van der Waals surface area contributed by atoms with Crippen molar-refractivity contribution in [2.24, 2.45) is 46.3 Å². The molecule has 330 valence electrons. The van der Waals surface area contributed by atoms with E-state index in [0.717, 1.165) is 58.4 Å². The average Bonchev–Trinajstić information content (AvgIpc) is 3.96. The van der Waals surface area contributed by atoms with Gasteiger partial charge in [-0.2, -0.15) is 0 Å². The second-order valence-electron chi connectivity index (χ2n) is 23.2. The molecule has 10 unspecified atom stereocenters. The molecule has 4 aromatic rings. The summed E-state index contributed by atoms with van der Waals surface area (Å²) in [5.74, 6) is 7.00. The van der Waals surface area contributed by atoms with Gasteiger partial charge in [-0.3, -0.25) is 0 Å². The molecule has 0 amide bonds. The van der Waals surface area contributed by atoms with Gasteiger partial charge in [-0.25, -0.2) is 0 Å². The van der Waals surface area contributed by atoms with Gasteiger partial charge in [0, 0.05) is 0 Å². The van der Waals surface area contributed by atoms with Crippen LogP contribution in [0.15, 0.2) is 60.7 Å². The minimum absolute atomic E-state index is 0. The number of hydrogen-bond acceptors (Lipinski definition) is 0. The van der Waals surface area contributed by atoms with Crippen LogP contribution < -0.4 is 0 Å². The van der Waals surface area contributed by atoms with Gasteiger partial charge in [0.1, 0.15) is 0 Å². The molecular weight excluding hydrogens is 875 g/mol. The van der Waals surface area contributed by atoms with Crippen molar-refractivity contribution in [3.05, 3.63) is 109 Å². The molecule has 0 saturated heterocycles. The monoisotopic (exact) mass is 952 g/mol. The summed E-state index contributed by atoms with van der Waals surface area (Å²) in [4.78, 5) is 0.